The lowest BCUT2D eigenvalue weighted by molar-refractivity contribution is -0.151. The van der Waals surface area contributed by atoms with Gasteiger partial charge in [-0.3, -0.25) is 4.79 Å². The Hall–Kier alpha value is -2.16. The fourth-order valence-electron chi connectivity index (χ4n) is 2.71. The summed E-state index contributed by atoms with van der Waals surface area (Å²) in [6, 6.07) is 16.0. The van der Waals surface area contributed by atoms with Gasteiger partial charge in [0.1, 0.15) is 5.82 Å². The van der Waals surface area contributed by atoms with Gasteiger partial charge in [-0.2, -0.15) is 0 Å². The Labute approximate surface area is 124 Å². The fourth-order valence-corrected chi connectivity index (χ4v) is 2.71. The molecule has 0 fully saturated rings. The molecule has 0 radical (unpaired) electrons. The first kappa shape index (κ1) is 15.2. The fraction of sp³-hybridized carbons (Fsp3) is 0.278. The zero-order chi connectivity index (χ0) is 15.5. The van der Waals surface area contributed by atoms with E-state index in [-0.39, 0.29) is 17.7 Å². The summed E-state index contributed by atoms with van der Waals surface area (Å²) in [5, 5.41) is 0. The van der Waals surface area contributed by atoms with Gasteiger partial charge in [0, 0.05) is 5.92 Å². The third kappa shape index (κ3) is 3.13. The molecule has 21 heavy (non-hydrogen) atoms. The lowest BCUT2D eigenvalue weighted by Crippen LogP contribution is -2.33. The molecule has 0 saturated heterocycles. The van der Waals surface area contributed by atoms with Crippen LogP contribution < -0.4 is 0 Å². The van der Waals surface area contributed by atoms with Crippen LogP contribution in [-0.2, 0) is 9.53 Å². The van der Waals surface area contributed by atoms with Crippen LogP contribution in [0, 0.1) is 11.2 Å². The van der Waals surface area contributed by atoms with Crippen molar-refractivity contribution < 1.29 is 13.9 Å². The molecule has 110 valence electrons. The van der Waals surface area contributed by atoms with Crippen LogP contribution in [0.2, 0.25) is 0 Å². The molecule has 0 aliphatic rings. The number of benzene rings is 2. The van der Waals surface area contributed by atoms with Crippen LogP contribution >= 0.6 is 0 Å². The van der Waals surface area contributed by atoms with Crippen molar-refractivity contribution in [1.82, 2.24) is 0 Å². The van der Waals surface area contributed by atoms with E-state index in [0.717, 1.165) is 11.1 Å². The van der Waals surface area contributed by atoms with Crippen LogP contribution in [0.25, 0.3) is 0 Å². The van der Waals surface area contributed by atoms with E-state index >= 15 is 0 Å². The van der Waals surface area contributed by atoms with Crippen LogP contribution in [0.4, 0.5) is 4.39 Å². The van der Waals surface area contributed by atoms with Crippen molar-refractivity contribution in [1.29, 1.82) is 0 Å². The number of esters is 1. The number of hydrogen-bond donors (Lipinski definition) is 0. The van der Waals surface area contributed by atoms with Gasteiger partial charge in [0.05, 0.1) is 12.5 Å². The Kier molecular flexibility index (Phi) is 4.41. The zero-order valence-electron chi connectivity index (χ0n) is 12.5. The Morgan fingerprint density at radius 3 is 2.05 bits per heavy atom. The minimum absolute atomic E-state index is 0.202. The highest BCUT2D eigenvalue weighted by atomic mass is 19.1. The number of methoxy groups -OCH3 is 1. The summed E-state index contributed by atoms with van der Waals surface area (Å²) in [5.74, 6) is -0.783. The molecule has 2 aromatic carbocycles. The van der Waals surface area contributed by atoms with Gasteiger partial charge in [-0.25, -0.2) is 4.39 Å². The second kappa shape index (κ2) is 6.08. The number of ether oxygens (including phenoxy) is 1. The topological polar surface area (TPSA) is 26.3 Å². The van der Waals surface area contributed by atoms with E-state index in [4.69, 9.17) is 4.74 Å². The van der Waals surface area contributed by atoms with E-state index in [2.05, 4.69) is 0 Å². The van der Waals surface area contributed by atoms with Crippen LogP contribution in [0.5, 0.6) is 0 Å². The predicted molar refractivity (Wildman–Crippen MR) is 80.5 cm³/mol. The normalized spacial score (nSPS) is 12.8. The molecule has 0 saturated carbocycles. The molecule has 2 nitrogen and oxygen atoms in total. The third-order valence-electron chi connectivity index (χ3n) is 3.77. The van der Waals surface area contributed by atoms with E-state index in [1.165, 1.54) is 19.2 Å². The van der Waals surface area contributed by atoms with E-state index in [9.17, 15) is 9.18 Å². The van der Waals surface area contributed by atoms with Gasteiger partial charge in [0.25, 0.3) is 0 Å². The van der Waals surface area contributed by atoms with Crippen LogP contribution in [0.15, 0.2) is 54.6 Å². The maximum absolute atomic E-state index is 13.2. The van der Waals surface area contributed by atoms with Gasteiger partial charge in [-0.1, -0.05) is 42.5 Å². The molecule has 0 bridgehead atoms. The van der Waals surface area contributed by atoms with Crippen molar-refractivity contribution in [3.8, 4) is 0 Å². The van der Waals surface area contributed by atoms with Crippen molar-refractivity contribution in [2.24, 2.45) is 5.41 Å². The summed E-state index contributed by atoms with van der Waals surface area (Å²) in [7, 11) is 1.39. The SMILES string of the molecule is COC(=O)C(C)(C)C(c1ccccc1)c1ccc(F)cc1. The maximum Gasteiger partial charge on any atom is 0.312 e. The van der Waals surface area contributed by atoms with E-state index in [1.54, 1.807) is 12.1 Å². The smallest absolute Gasteiger partial charge is 0.312 e. The van der Waals surface area contributed by atoms with Gasteiger partial charge in [0.2, 0.25) is 0 Å². The van der Waals surface area contributed by atoms with Crippen molar-refractivity contribution >= 4 is 5.97 Å². The zero-order valence-corrected chi connectivity index (χ0v) is 12.5. The molecular formula is C18H19FO2. The quantitative estimate of drug-likeness (QED) is 0.789. The summed E-state index contributed by atoms with van der Waals surface area (Å²) in [5.41, 5.74) is 1.13. The first-order chi connectivity index (χ1) is 9.96. The van der Waals surface area contributed by atoms with Crippen LogP contribution in [0.1, 0.15) is 30.9 Å². The first-order valence-corrected chi connectivity index (χ1v) is 6.85. The number of halogens is 1. The molecule has 2 aromatic rings. The summed E-state index contributed by atoms with van der Waals surface area (Å²) < 4.78 is 18.1. The maximum atomic E-state index is 13.2. The second-order valence-corrected chi connectivity index (χ2v) is 5.61. The minimum atomic E-state index is -0.756. The summed E-state index contributed by atoms with van der Waals surface area (Å²) >= 11 is 0. The molecule has 0 amide bonds. The third-order valence-corrected chi connectivity index (χ3v) is 3.77. The molecular weight excluding hydrogens is 267 g/mol. The molecule has 0 heterocycles. The van der Waals surface area contributed by atoms with Gasteiger partial charge >= 0.3 is 5.97 Å². The second-order valence-electron chi connectivity index (χ2n) is 5.61. The Morgan fingerprint density at radius 2 is 1.52 bits per heavy atom. The van der Waals surface area contributed by atoms with E-state index in [1.807, 2.05) is 44.2 Å². The number of carbonyl (C=O) groups is 1. The van der Waals surface area contributed by atoms with Crippen molar-refractivity contribution in [3.05, 3.63) is 71.5 Å². The molecule has 2 rings (SSSR count). The molecule has 1 atom stereocenters. The minimum Gasteiger partial charge on any atom is -0.469 e. The summed E-state index contributed by atoms with van der Waals surface area (Å²) in [6.07, 6.45) is 0. The standard InChI is InChI=1S/C18H19FO2/c1-18(2,17(20)21-3)16(13-7-5-4-6-8-13)14-9-11-15(19)12-10-14/h4-12,16H,1-3H3. The van der Waals surface area contributed by atoms with Crippen LogP contribution in [-0.4, -0.2) is 13.1 Å². The highest BCUT2D eigenvalue weighted by molar-refractivity contribution is 5.78. The van der Waals surface area contributed by atoms with Gasteiger partial charge in [0.15, 0.2) is 0 Å². The Balaban J connectivity index is 2.55. The molecule has 1 unspecified atom stereocenters. The molecule has 0 N–H and O–H groups in total. The summed E-state index contributed by atoms with van der Waals surface area (Å²) in [6.45, 7) is 3.69. The van der Waals surface area contributed by atoms with E-state index in [0.29, 0.717) is 0 Å². The average Bonchev–Trinajstić information content (AvgIpc) is 2.49. The Morgan fingerprint density at radius 1 is 1.00 bits per heavy atom. The molecule has 0 aliphatic carbocycles. The number of carbonyl (C=O) groups excluding carboxylic acids is 1. The highest BCUT2D eigenvalue weighted by Crippen LogP contribution is 2.41. The Bertz CT molecular complexity index is 603. The average molecular weight is 286 g/mol. The lowest BCUT2D eigenvalue weighted by Gasteiger charge is -2.32. The monoisotopic (exact) mass is 286 g/mol. The van der Waals surface area contributed by atoms with Crippen molar-refractivity contribution in [3.63, 3.8) is 0 Å². The van der Waals surface area contributed by atoms with Crippen molar-refractivity contribution in [2.45, 2.75) is 19.8 Å². The molecule has 3 heteroatoms. The number of rotatable bonds is 4. The highest BCUT2D eigenvalue weighted by Gasteiger charge is 2.39. The molecule has 0 aliphatic heterocycles. The largest absolute Gasteiger partial charge is 0.469 e. The van der Waals surface area contributed by atoms with Gasteiger partial charge < -0.3 is 4.74 Å². The van der Waals surface area contributed by atoms with Crippen molar-refractivity contribution in [2.75, 3.05) is 7.11 Å². The predicted octanol–water partition coefficient (Wildman–Crippen LogP) is 4.16. The molecule has 0 spiro atoms. The van der Waals surface area contributed by atoms with Gasteiger partial charge in [-0.15, -0.1) is 0 Å². The summed E-state index contributed by atoms with van der Waals surface area (Å²) in [4.78, 5) is 12.2. The first-order valence-electron chi connectivity index (χ1n) is 6.85. The van der Waals surface area contributed by atoms with Gasteiger partial charge in [-0.05, 0) is 37.1 Å². The lowest BCUT2D eigenvalue weighted by atomic mass is 9.71. The number of hydrogen-bond acceptors (Lipinski definition) is 2. The van der Waals surface area contributed by atoms with E-state index < -0.39 is 5.41 Å². The van der Waals surface area contributed by atoms with Crippen LogP contribution in [0.3, 0.4) is 0 Å². The molecule has 0 aromatic heterocycles.